The molecule has 1 atom stereocenters. The number of rotatable bonds is 6. The zero-order chi connectivity index (χ0) is 18.6. The Bertz CT molecular complexity index is 917. The lowest BCUT2D eigenvalue weighted by atomic mass is 9.90. The number of aromatic amines is 1. The van der Waals surface area contributed by atoms with Crippen LogP contribution >= 0.6 is 11.3 Å². The van der Waals surface area contributed by atoms with Gasteiger partial charge in [0.15, 0.2) is 0 Å². The topological polar surface area (TPSA) is 64.2 Å². The number of fused-ring (bicyclic) bond motifs is 3. The molecule has 4 rings (SSSR count). The minimum Gasteiger partial charge on any atom is -0.486 e. The van der Waals surface area contributed by atoms with Crippen molar-refractivity contribution in [2.45, 2.75) is 51.6 Å². The number of esters is 1. The normalized spacial score (nSPS) is 16.7. The van der Waals surface area contributed by atoms with Gasteiger partial charge in [0, 0.05) is 34.2 Å². The van der Waals surface area contributed by atoms with Crippen LogP contribution in [0, 0.1) is 0 Å². The van der Waals surface area contributed by atoms with Gasteiger partial charge in [-0.2, -0.15) is 0 Å². The summed E-state index contributed by atoms with van der Waals surface area (Å²) in [4.78, 5) is 19.9. The van der Waals surface area contributed by atoms with Gasteiger partial charge in [0.25, 0.3) is 0 Å². The fraction of sp³-hybridized carbons (Fsp3) is 0.429. The molecule has 1 N–H and O–H groups in total. The van der Waals surface area contributed by atoms with Crippen LogP contribution in [0.1, 0.15) is 54.8 Å². The molecule has 0 saturated heterocycles. The molecule has 2 aromatic heterocycles. The molecule has 0 radical (unpaired) electrons. The lowest BCUT2D eigenvalue weighted by Gasteiger charge is -2.15. The zero-order valence-corrected chi connectivity index (χ0v) is 16.3. The molecule has 2 heterocycles. The number of carbonyl (C=O) groups is 1. The fourth-order valence-electron chi connectivity index (χ4n) is 3.94. The van der Waals surface area contributed by atoms with Crippen LogP contribution < -0.4 is 4.74 Å². The number of ether oxygens (including phenoxy) is 2. The molecule has 142 valence electrons. The Balaban J connectivity index is 1.60. The summed E-state index contributed by atoms with van der Waals surface area (Å²) in [6, 6.07) is 6.18. The third kappa shape index (κ3) is 4.00. The third-order valence-corrected chi connectivity index (χ3v) is 5.85. The van der Waals surface area contributed by atoms with E-state index in [0.717, 1.165) is 42.0 Å². The number of nitrogens with zero attached hydrogens (tertiary/aromatic N) is 1. The molecular formula is C21H24N2O3S. The molecule has 6 heteroatoms. The average molecular weight is 385 g/mol. The van der Waals surface area contributed by atoms with E-state index in [2.05, 4.69) is 22.1 Å². The summed E-state index contributed by atoms with van der Waals surface area (Å²) in [5.41, 5.74) is 3.63. The maximum atomic E-state index is 12.1. The summed E-state index contributed by atoms with van der Waals surface area (Å²) < 4.78 is 11.1. The van der Waals surface area contributed by atoms with Crippen molar-refractivity contribution in [2.24, 2.45) is 0 Å². The van der Waals surface area contributed by atoms with Crippen molar-refractivity contribution in [1.82, 2.24) is 9.97 Å². The first-order valence-electron chi connectivity index (χ1n) is 9.56. The van der Waals surface area contributed by atoms with Crippen LogP contribution in [0.4, 0.5) is 0 Å². The van der Waals surface area contributed by atoms with Crippen LogP contribution in [-0.4, -0.2) is 22.5 Å². The predicted molar refractivity (Wildman–Crippen MR) is 106 cm³/mol. The summed E-state index contributed by atoms with van der Waals surface area (Å²) in [6.45, 7) is 2.77. The number of aryl methyl sites for hydroxylation is 1. The van der Waals surface area contributed by atoms with Crippen molar-refractivity contribution in [2.75, 3.05) is 6.61 Å². The minimum absolute atomic E-state index is 0.104. The maximum absolute atomic E-state index is 12.1. The van der Waals surface area contributed by atoms with Gasteiger partial charge in [0.1, 0.15) is 17.4 Å². The molecule has 0 aliphatic heterocycles. The highest BCUT2D eigenvalue weighted by molar-refractivity contribution is 7.09. The van der Waals surface area contributed by atoms with E-state index in [1.807, 2.05) is 18.4 Å². The quantitative estimate of drug-likeness (QED) is 0.481. The molecule has 27 heavy (non-hydrogen) atoms. The molecule has 5 nitrogen and oxygen atoms in total. The molecule has 0 fully saturated rings. The zero-order valence-electron chi connectivity index (χ0n) is 15.5. The van der Waals surface area contributed by atoms with Crippen LogP contribution in [0.3, 0.4) is 0 Å². The summed E-state index contributed by atoms with van der Waals surface area (Å²) in [5, 5.41) is 4.11. The molecule has 0 amide bonds. The molecule has 1 unspecified atom stereocenters. The van der Waals surface area contributed by atoms with E-state index in [4.69, 9.17) is 9.47 Å². The fourth-order valence-corrected chi connectivity index (χ4v) is 4.47. The Morgan fingerprint density at radius 1 is 1.37 bits per heavy atom. The third-order valence-electron chi connectivity index (χ3n) is 5.09. The Morgan fingerprint density at radius 3 is 3.11 bits per heavy atom. The van der Waals surface area contributed by atoms with E-state index >= 15 is 0 Å². The second-order valence-corrected chi connectivity index (χ2v) is 7.87. The van der Waals surface area contributed by atoms with Gasteiger partial charge in [0.2, 0.25) is 0 Å². The lowest BCUT2D eigenvalue weighted by molar-refractivity contribution is -0.143. The van der Waals surface area contributed by atoms with E-state index in [1.165, 1.54) is 16.6 Å². The highest BCUT2D eigenvalue weighted by Crippen LogP contribution is 2.39. The van der Waals surface area contributed by atoms with Gasteiger partial charge in [-0.25, -0.2) is 4.98 Å². The summed E-state index contributed by atoms with van der Waals surface area (Å²) in [7, 11) is 0. The Kier molecular flexibility index (Phi) is 5.43. The van der Waals surface area contributed by atoms with Crippen LogP contribution in [-0.2, 0) is 22.6 Å². The second kappa shape index (κ2) is 8.13. The van der Waals surface area contributed by atoms with Crippen LogP contribution in [0.15, 0.2) is 29.8 Å². The van der Waals surface area contributed by atoms with Crippen molar-refractivity contribution < 1.29 is 14.3 Å². The number of benzene rings is 1. The number of aromatic nitrogens is 2. The van der Waals surface area contributed by atoms with Gasteiger partial charge in [-0.15, -0.1) is 11.3 Å². The molecule has 0 bridgehead atoms. The molecular weight excluding hydrogens is 360 g/mol. The summed E-state index contributed by atoms with van der Waals surface area (Å²) in [6.07, 6.45) is 6.59. The Morgan fingerprint density at radius 2 is 2.30 bits per heavy atom. The van der Waals surface area contributed by atoms with E-state index in [0.29, 0.717) is 19.6 Å². The summed E-state index contributed by atoms with van der Waals surface area (Å²) >= 11 is 1.59. The number of thiazole rings is 1. The number of hydrogen-bond acceptors (Lipinski definition) is 5. The van der Waals surface area contributed by atoms with Gasteiger partial charge in [-0.1, -0.05) is 6.42 Å². The Hall–Kier alpha value is -2.34. The molecule has 0 saturated carbocycles. The number of carbonyl (C=O) groups excluding carboxylic acids is 1. The van der Waals surface area contributed by atoms with E-state index in [-0.39, 0.29) is 11.9 Å². The van der Waals surface area contributed by atoms with Crippen molar-refractivity contribution in [3.8, 4) is 5.75 Å². The molecule has 1 aromatic carbocycles. The lowest BCUT2D eigenvalue weighted by Crippen LogP contribution is -2.10. The van der Waals surface area contributed by atoms with Gasteiger partial charge in [0.05, 0.1) is 13.0 Å². The van der Waals surface area contributed by atoms with Crippen molar-refractivity contribution in [1.29, 1.82) is 0 Å². The van der Waals surface area contributed by atoms with Gasteiger partial charge in [-0.05, 0) is 49.8 Å². The van der Waals surface area contributed by atoms with Crippen LogP contribution in [0.5, 0.6) is 5.75 Å². The van der Waals surface area contributed by atoms with Gasteiger partial charge >= 0.3 is 5.97 Å². The van der Waals surface area contributed by atoms with Gasteiger partial charge in [-0.3, -0.25) is 4.79 Å². The monoisotopic (exact) mass is 384 g/mol. The van der Waals surface area contributed by atoms with Crippen molar-refractivity contribution in [3.63, 3.8) is 0 Å². The first kappa shape index (κ1) is 18.0. The Labute approximate surface area is 162 Å². The number of H-pyrrole nitrogens is 1. The van der Waals surface area contributed by atoms with Crippen LogP contribution in [0.25, 0.3) is 10.9 Å². The minimum atomic E-state index is -0.104. The highest BCUT2D eigenvalue weighted by atomic mass is 32.1. The predicted octanol–water partition coefficient (Wildman–Crippen LogP) is 4.97. The largest absolute Gasteiger partial charge is 0.486 e. The first-order chi connectivity index (χ1) is 13.2. The van der Waals surface area contributed by atoms with E-state index < -0.39 is 0 Å². The SMILES string of the molecule is CCOC(=O)CC1CCCCc2[nH]c3cc(OCc4nccs4)ccc3c21. The summed E-state index contributed by atoms with van der Waals surface area (Å²) in [5.74, 6) is 0.946. The van der Waals surface area contributed by atoms with E-state index in [1.54, 1.807) is 17.5 Å². The van der Waals surface area contributed by atoms with Crippen molar-refractivity contribution >= 4 is 28.2 Å². The number of nitrogens with one attached hydrogen (secondary N) is 1. The molecule has 0 spiro atoms. The smallest absolute Gasteiger partial charge is 0.306 e. The first-order valence-corrected chi connectivity index (χ1v) is 10.4. The standard InChI is InChI=1S/C21H24N2O3S/c1-2-25-20(24)11-14-5-3-4-6-17-21(14)16-8-7-15(12-18(16)23-17)26-13-19-22-9-10-27-19/h7-10,12,14,23H,2-6,11,13H2,1H3. The number of hydrogen-bond donors (Lipinski definition) is 1. The van der Waals surface area contributed by atoms with Crippen molar-refractivity contribution in [3.05, 3.63) is 46.0 Å². The molecule has 3 aromatic rings. The molecule has 1 aliphatic rings. The second-order valence-electron chi connectivity index (χ2n) is 6.89. The van der Waals surface area contributed by atoms with Gasteiger partial charge < -0.3 is 14.5 Å². The maximum Gasteiger partial charge on any atom is 0.306 e. The van der Waals surface area contributed by atoms with Crippen LogP contribution in [0.2, 0.25) is 0 Å². The van der Waals surface area contributed by atoms with E-state index in [9.17, 15) is 4.79 Å². The molecule has 1 aliphatic carbocycles. The highest BCUT2D eigenvalue weighted by Gasteiger charge is 2.26. The average Bonchev–Trinajstić information content (AvgIpc) is 3.25.